The Kier molecular flexibility index (Phi) is 6.04. The number of rotatable bonds is 5. The van der Waals surface area contributed by atoms with E-state index in [2.05, 4.69) is 5.32 Å². The molecule has 160 valence electrons. The maximum Gasteiger partial charge on any atom is 0.338 e. The molecule has 0 radical (unpaired) electrons. The SMILES string of the molecule is O=C(COC(=O)c1cccc(N2C(=O)[C@H]3CCCC[C@@H]3C2=O)c1)Nc1cccc(Cl)c1. The number of fused-ring (bicyclic) bond motifs is 1. The van der Waals surface area contributed by atoms with Gasteiger partial charge in [0.1, 0.15) is 0 Å². The average molecular weight is 441 g/mol. The van der Waals surface area contributed by atoms with Crippen LogP contribution in [0.5, 0.6) is 0 Å². The van der Waals surface area contributed by atoms with Crippen LogP contribution in [0.25, 0.3) is 0 Å². The van der Waals surface area contributed by atoms with Gasteiger partial charge < -0.3 is 10.1 Å². The van der Waals surface area contributed by atoms with Gasteiger partial charge in [0.25, 0.3) is 5.91 Å². The minimum Gasteiger partial charge on any atom is -0.452 e. The van der Waals surface area contributed by atoms with Crippen molar-refractivity contribution in [1.82, 2.24) is 0 Å². The van der Waals surface area contributed by atoms with Gasteiger partial charge in [0.05, 0.1) is 23.1 Å². The number of benzene rings is 2. The highest BCUT2D eigenvalue weighted by molar-refractivity contribution is 6.30. The molecular formula is C23H21ClN2O5. The second-order valence-electron chi connectivity index (χ2n) is 7.69. The van der Waals surface area contributed by atoms with Crippen molar-refractivity contribution in [3.8, 4) is 0 Å². The predicted octanol–water partition coefficient (Wildman–Crippen LogP) is 3.82. The van der Waals surface area contributed by atoms with Crippen LogP contribution in [0.3, 0.4) is 0 Å². The van der Waals surface area contributed by atoms with Gasteiger partial charge in [-0.15, -0.1) is 0 Å². The van der Waals surface area contributed by atoms with Crippen LogP contribution >= 0.6 is 11.6 Å². The summed E-state index contributed by atoms with van der Waals surface area (Å²) >= 11 is 5.88. The summed E-state index contributed by atoms with van der Waals surface area (Å²) in [6.07, 6.45) is 3.32. The Morgan fingerprint density at radius 3 is 2.35 bits per heavy atom. The molecule has 31 heavy (non-hydrogen) atoms. The van der Waals surface area contributed by atoms with Gasteiger partial charge in [-0.05, 0) is 49.2 Å². The predicted molar refractivity (Wildman–Crippen MR) is 115 cm³/mol. The first-order valence-electron chi connectivity index (χ1n) is 10.1. The molecule has 2 fully saturated rings. The van der Waals surface area contributed by atoms with Gasteiger partial charge in [0.2, 0.25) is 11.8 Å². The summed E-state index contributed by atoms with van der Waals surface area (Å²) in [5.74, 6) is -2.19. The molecule has 2 aromatic carbocycles. The normalized spacial score (nSPS) is 20.4. The number of imide groups is 1. The molecule has 1 aliphatic carbocycles. The standard InChI is InChI=1S/C23H21ClN2O5/c24-15-6-4-7-16(12-15)25-20(27)13-31-23(30)14-5-3-8-17(11-14)26-21(28)18-9-1-2-10-19(18)22(26)29/h3-8,11-12,18-19H,1-2,9-10,13H2,(H,25,27)/t18-,19-/m0/s1. The lowest BCUT2D eigenvalue weighted by atomic mass is 9.81. The molecule has 2 aliphatic rings. The summed E-state index contributed by atoms with van der Waals surface area (Å²) < 4.78 is 5.09. The van der Waals surface area contributed by atoms with E-state index in [0.29, 0.717) is 16.4 Å². The molecule has 0 aromatic heterocycles. The van der Waals surface area contributed by atoms with Crippen LogP contribution in [0.2, 0.25) is 5.02 Å². The summed E-state index contributed by atoms with van der Waals surface area (Å²) in [4.78, 5) is 51.2. The molecule has 1 saturated carbocycles. The number of ether oxygens (including phenoxy) is 1. The number of esters is 1. The zero-order valence-corrected chi connectivity index (χ0v) is 17.4. The molecule has 1 aliphatic heterocycles. The van der Waals surface area contributed by atoms with Gasteiger partial charge >= 0.3 is 5.97 Å². The summed E-state index contributed by atoms with van der Waals surface area (Å²) in [7, 11) is 0. The van der Waals surface area contributed by atoms with E-state index < -0.39 is 18.5 Å². The van der Waals surface area contributed by atoms with Gasteiger partial charge in [0.15, 0.2) is 6.61 Å². The highest BCUT2D eigenvalue weighted by atomic mass is 35.5. The van der Waals surface area contributed by atoms with Gasteiger partial charge in [-0.1, -0.05) is 36.6 Å². The lowest BCUT2D eigenvalue weighted by Crippen LogP contribution is -2.31. The number of nitrogens with zero attached hydrogens (tertiary/aromatic N) is 1. The van der Waals surface area contributed by atoms with Crippen LogP contribution in [-0.2, 0) is 19.1 Å². The molecule has 0 unspecified atom stereocenters. The van der Waals surface area contributed by atoms with E-state index in [-0.39, 0.29) is 29.2 Å². The largest absolute Gasteiger partial charge is 0.452 e. The zero-order valence-electron chi connectivity index (χ0n) is 16.7. The van der Waals surface area contributed by atoms with Gasteiger partial charge in [0, 0.05) is 10.7 Å². The first-order valence-corrected chi connectivity index (χ1v) is 10.5. The number of hydrogen-bond donors (Lipinski definition) is 1. The molecule has 3 amide bonds. The van der Waals surface area contributed by atoms with Crippen LogP contribution in [-0.4, -0.2) is 30.3 Å². The Labute approximate surface area is 184 Å². The van der Waals surface area contributed by atoms with Crippen molar-refractivity contribution in [2.75, 3.05) is 16.8 Å². The second kappa shape index (κ2) is 8.89. The van der Waals surface area contributed by atoms with E-state index in [0.717, 1.165) is 25.7 Å². The van der Waals surface area contributed by atoms with Gasteiger partial charge in [-0.3, -0.25) is 19.3 Å². The Morgan fingerprint density at radius 1 is 1.00 bits per heavy atom. The van der Waals surface area contributed by atoms with E-state index >= 15 is 0 Å². The van der Waals surface area contributed by atoms with Crippen LogP contribution in [0, 0.1) is 11.8 Å². The molecule has 0 bridgehead atoms. The number of halogens is 1. The molecule has 4 rings (SSSR count). The number of carbonyl (C=O) groups is 4. The van der Waals surface area contributed by atoms with Crippen molar-refractivity contribution in [2.24, 2.45) is 11.8 Å². The minimum atomic E-state index is -0.723. The van der Waals surface area contributed by atoms with Crippen molar-refractivity contribution >= 4 is 46.7 Å². The van der Waals surface area contributed by atoms with Crippen molar-refractivity contribution in [3.05, 3.63) is 59.1 Å². The van der Waals surface area contributed by atoms with E-state index in [1.807, 2.05) is 0 Å². The Morgan fingerprint density at radius 2 is 1.68 bits per heavy atom. The maximum absolute atomic E-state index is 12.8. The Hall–Kier alpha value is -3.19. The summed E-state index contributed by atoms with van der Waals surface area (Å²) in [5, 5.41) is 3.06. The lowest BCUT2D eigenvalue weighted by molar-refractivity contribution is -0.122. The van der Waals surface area contributed by atoms with E-state index in [9.17, 15) is 19.2 Å². The fourth-order valence-electron chi connectivity index (χ4n) is 4.17. The smallest absolute Gasteiger partial charge is 0.338 e. The van der Waals surface area contributed by atoms with Gasteiger partial charge in [-0.2, -0.15) is 0 Å². The van der Waals surface area contributed by atoms with Crippen LogP contribution < -0.4 is 10.2 Å². The number of carbonyl (C=O) groups excluding carboxylic acids is 4. The number of nitrogens with one attached hydrogen (secondary N) is 1. The molecular weight excluding hydrogens is 420 g/mol. The quantitative estimate of drug-likeness (QED) is 0.563. The van der Waals surface area contributed by atoms with Crippen LogP contribution in [0.1, 0.15) is 36.0 Å². The van der Waals surface area contributed by atoms with Crippen LogP contribution in [0.4, 0.5) is 11.4 Å². The molecule has 1 heterocycles. The molecule has 1 saturated heterocycles. The fourth-order valence-corrected chi connectivity index (χ4v) is 4.36. The summed E-state index contributed by atoms with van der Waals surface area (Å²) in [6, 6.07) is 12.8. The number of hydrogen-bond acceptors (Lipinski definition) is 5. The van der Waals surface area contributed by atoms with Crippen molar-refractivity contribution in [2.45, 2.75) is 25.7 Å². The van der Waals surface area contributed by atoms with Crippen molar-refractivity contribution in [3.63, 3.8) is 0 Å². The number of anilines is 2. The second-order valence-corrected chi connectivity index (χ2v) is 8.13. The third kappa shape index (κ3) is 4.46. The maximum atomic E-state index is 12.8. The van der Waals surface area contributed by atoms with Crippen LogP contribution in [0.15, 0.2) is 48.5 Å². The highest BCUT2D eigenvalue weighted by Gasteiger charge is 2.48. The first-order chi connectivity index (χ1) is 14.9. The minimum absolute atomic E-state index is 0.156. The lowest BCUT2D eigenvalue weighted by Gasteiger charge is -2.19. The van der Waals surface area contributed by atoms with Crippen molar-refractivity contribution in [1.29, 1.82) is 0 Å². The molecule has 7 nitrogen and oxygen atoms in total. The zero-order chi connectivity index (χ0) is 22.0. The molecule has 0 spiro atoms. The summed E-state index contributed by atoms with van der Waals surface area (Å²) in [5.41, 5.74) is 0.994. The third-order valence-corrected chi connectivity index (χ3v) is 5.86. The van der Waals surface area contributed by atoms with E-state index in [1.165, 1.54) is 17.0 Å². The van der Waals surface area contributed by atoms with Crippen molar-refractivity contribution < 1.29 is 23.9 Å². The first kappa shape index (κ1) is 21.1. The topological polar surface area (TPSA) is 92.8 Å². The average Bonchev–Trinajstić information content (AvgIpc) is 3.02. The molecule has 2 atom stereocenters. The highest BCUT2D eigenvalue weighted by Crippen LogP contribution is 2.40. The molecule has 8 heteroatoms. The third-order valence-electron chi connectivity index (χ3n) is 5.62. The molecule has 1 N–H and O–H groups in total. The monoisotopic (exact) mass is 440 g/mol. The van der Waals surface area contributed by atoms with Gasteiger partial charge in [-0.25, -0.2) is 4.79 Å². The van der Waals surface area contributed by atoms with E-state index in [4.69, 9.17) is 16.3 Å². The Balaban J connectivity index is 1.41. The number of amides is 3. The summed E-state index contributed by atoms with van der Waals surface area (Å²) in [6.45, 7) is -0.485. The molecule has 2 aromatic rings. The Bertz CT molecular complexity index is 1030. The van der Waals surface area contributed by atoms with E-state index in [1.54, 1.807) is 36.4 Å². The fraction of sp³-hybridized carbons (Fsp3) is 0.304.